The predicted molar refractivity (Wildman–Crippen MR) is 61.7 cm³/mol. The molecule has 0 saturated carbocycles. The number of hydrogen-bond acceptors (Lipinski definition) is 2. The Hall–Kier alpha value is -0.830. The summed E-state index contributed by atoms with van der Waals surface area (Å²) in [4.78, 5) is 0. The van der Waals surface area contributed by atoms with Crippen LogP contribution >= 0.6 is 0 Å². The molecule has 0 aliphatic heterocycles. The van der Waals surface area contributed by atoms with Gasteiger partial charge in [-0.05, 0) is 30.7 Å². The van der Waals surface area contributed by atoms with Crippen molar-refractivity contribution in [2.24, 2.45) is 18.2 Å². The summed E-state index contributed by atoms with van der Waals surface area (Å²) in [6.07, 6.45) is 4.42. The molecule has 0 amide bonds. The molecular weight excluding hydrogens is 186 g/mol. The van der Waals surface area contributed by atoms with Crippen LogP contribution in [0, 0.1) is 5.41 Å². The Labute approximate surface area is 91.7 Å². The number of aryl methyl sites for hydroxylation is 2. The summed E-state index contributed by atoms with van der Waals surface area (Å²) < 4.78 is 1.92. The van der Waals surface area contributed by atoms with Crippen LogP contribution in [0.3, 0.4) is 0 Å². The second kappa shape index (κ2) is 3.34. The second-order valence-corrected chi connectivity index (χ2v) is 5.53. The van der Waals surface area contributed by atoms with Crippen molar-refractivity contribution in [1.82, 2.24) is 9.78 Å². The van der Waals surface area contributed by atoms with Gasteiger partial charge in [-0.2, -0.15) is 5.10 Å². The number of hydrogen-bond donors (Lipinski definition) is 1. The minimum absolute atomic E-state index is 0.197. The Balaban J connectivity index is 2.47. The minimum atomic E-state index is 0.197. The van der Waals surface area contributed by atoms with Crippen LogP contribution in [-0.2, 0) is 13.5 Å². The first-order valence-corrected chi connectivity index (χ1v) is 5.70. The number of fused-ring (bicyclic) bond motifs is 1. The van der Waals surface area contributed by atoms with Gasteiger partial charge in [0.2, 0.25) is 0 Å². The summed E-state index contributed by atoms with van der Waals surface area (Å²) in [6.45, 7) is 6.74. The number of nitrogens with two attached hydrogens (primary N) is 1. The lowest BCUT2D eigenvalue weighted by Gasteiger charge is -2.40. The van der Waals surface area contributed by atoms with Gasteiger partial charge in [0.25, 0.3) is 0 Å². The molecule has 1 aromatic rings. The Kier molecular flexibility index (Phi) is 2.38. The van der Waals surface area contributed by atoms with Gasteiger partial charge in [0.15, 0.2) is 0 Å². The van der Waals surface area contributed by atoms with Crippen molar-refractivity contribution in [2.45, 2.75) is 45.6 Å². The lowest BCUT2D eigenvalue weighted by molar-refractivity contribution is 0.220. The van der Waals surface area contributed by atoms with Crippen molar-refractivity contribution in [3.05, 3.63) is 17.5 Å². The third-order valence-corrected chi connectivity index (χ3v) is 3.65. The van der Waals surface area contributed by atoms with Crippen LogP contribution in [0.1, 0.15) is 44.4 Å². The summed E-state index contributed by atoms with van der Waals surface area (Å²) >= 11 is 0. The standard InChI is InChI=1S/C12H21N3/c1-8(13)11-9-7-15(4)14-10(9)5-6-12(11,2)3/h7-8,11H,5-6,13H2,1-4H3. The summed E-state index contributed by atoms with van der Waals surface area (Å²) in [7, 11) is 1.99. The molecule has 0 fully saturated rings. The van der Waals surface area contributed by atoms with Crippen molar-refractivity contribution >= 4 is 0 Å². The third-order valence-electron chi connectivity index (χ3n) is 3.65. The molecular formula is C12H21N3. The Morgan fingerprint density at radius 3 is 2.87 bits per heavy atom. The lowest BCUT2D eigenvalue weighted by atomic mass is 9.65. The van der Waals surface area contributed by atoms with Gasteiger partial charge in [-0.3, -0.25) is 4.68 Å². The van der Waals surface area contributed by atoms with Crippen LogP contribution in [0.15, 0.2) is 6.20 Å². The van der Waals surface area contributed by atoms with Crippen LogP contribution in [-0.4, -0.2) is 15.8 Å². The van der Waals surface area contributed by atoms with E-state index in [2.05, 4.69) is 32.1 Å². The van der Waals surface area contributed by atoms with Gasteiger partial charge < -0.3 is 5.73 Å². The molecule has 0 bridgehead atoms. The highest BCUT2D eigenvalue weighted by Crippen LogP contribution is 2.45. The van der Waals surface area contributed by atoms with Crippen molar-refractivity contribution in [1.29, 1.82) is 0 Å². The van der Waals surface area contributed by atoms with Gasteiger partial charge in [-0.15, -0.1) is 0 Å². The molecule has 15 heavy (non-hydrogen) atoms. The molecule has 1 aromatic heterocycles. The molecule has 2 N–H and O–H groups in total. The van der Waals surface area contributed by atoms with Crippen molar-refractivity contribution in [2.75, 3.05) is 0 Å². The zero-order valence-corrected chi connectivity index (χ0v) is 10.1. The van der Waals surface area contributed by atoms with Crippen molar-refractivity contribution < 1.29 is 0 Å². The molecule has 1 aliphatic carbocycles. The van der Waals surface area contributed by atoms with E-state index in [1.54, 1.807) is 0 Å². The fourth-order valence-electron chi connectivity index (χ4n) is 3.02. The molecule has 0 radical (unpaired) electrons. The predicted octanol–water partition coefficient (Wildman–Crippen LogP) is 1.82. The third kappa shape index (κ3) is 1.69. The van der Waals surface area contributed by atoms with E-state index in [0.29, 0.717) is 11.3 Å². The SMILES string of the molecule is CC(N)C1c2cn(C)nc2CCC1(C)C. The first-order valence-electron chi connectivity index (χ1n) is 5.70. The van der Waals surface area contributed by atoms with E-state index in [0.717, 1.165) is 6.42 Å². The quantitative estimate of drug-likeness (QED) is 0.763. The lowest BCUT2D eigenvalue weighted by Crippen LogP contribution is -2.38. The maximum Gasteiger partial charge on any atom is 0.0660 e. The van der Waals surface area contributed by atoms with E-state index < -0.39 is 0 Å². The van der Waals surface area contributed by atoms with E-state index in [1.165, 1.54) is 17.7 Å². The first-order chi connectivity index (χ1) is 6.92. The Morgan fingerprint density at radius 1 is 1.60 bits per heavy atom. The molecule has 0 saturated heterocycles. The minimum Gasteiger partial charge on any atom is -0.327 e. The number of rotatable bonds is 1. The largest absolute Gasteiger partial charge is 0.327 e. The van der Waals surface area contributed by atoms with E-state index >= 15 is 0 Å². The fraction of sp³-hybridized carbons (Fsp3) is 0.750. The average molecular weight is 207 g/mol. The maximum absolute atomic E-state index is 6.13. The van der Waals surface area contributed by atoms with E-state index in [1.807, 2.05) is 11.7 Å². The van der Waals surface area contributed by atoms with E-state index in [9.17, 15) is 0 Å². The Morgan fingerprint density at radius 2 is 2.27 bits per heavy atom. The van der Waals surface area contributed by atoms with Crippen LogP contribution < -0.4 is 5.73 Å². The molecule has 84 valence electrons. The van der Waals surface area contributed by atoms with Gasteiger partial charge in [-0.1, -0.05) is 13.8 Å². The molecule has 1 aliphatic rings. The monoisotopic (exact) mass is 207 g/mol. The topological polar surface area (TPSA) is 43.8 Å². The molecule has 0 aromatic carbocycles. The van der Waals surface area contributed by atoms with Gasteiger partial charge >= 0.3 is 0 Å². The van der Waals surface area contributed by atoms with Gasteiger partial charge in [0.05, 0.1) is 5.69 Å². The molecule has 3 heteroatoms. The fourth-order valence-corrected chi connectivity index (χ4v) is 3.02. The van der Waals surface area contributed by atoms with Gasteiger partial charge in [-0.25, -0.2) is 0 Å². The van der Waals surface area contributed by atoms with Gasteiger partial charge in [0, 0.05) is 25.2 Å². The molecule has 2 atom stereocenters. The molecule has 2 rings (SSSR count). The summed E-state index contributed by atoms with van der Waals surface area (Å²) in [6, 6.07) is 0.197. The van der Waals surface area contributed by atoms with E-state index in [-0.39, 0.29) is 6.04 Å². The smallest absolute Gasteiger partial charge is 0.0660 e. The van der Waals surface area contributed by atoms with Crippen molar-refractivity contribution in [3.63, 3.8) is 0 Å². The molecule has 1 heterocycles. The summed E-state index contributed by atoms with van der Waals surface area (Å²) in [5.41, 5.74) is 9.04. The zero-order chi connectivity index (χ0) is 11.2. The number of aromatic nitrogens is 2. The zero-order valence-electron chi connectivity index (χ0n) is 10.1. The normalized spacial score (nSPS) is 26.1. The number of nitrogens with zero attached hydrogens (tertiary/aromatic N) is 2. The summed E-state index contributed by atoms with van der Waals surface area (Å²) in [5, 5.41) is 4.51. The highest BCUT2D eigenvalue weighted by Gasteiger charge is 2.39. The first kappa shape index (κ1) is 10.7. The highest BCUT2D eigenvalue weighted by atomic mass is 15.3. The molecule has 2 unspecified atom stereocenters. The van der Waals surface area contributed by atoms with Gasteiger partial charge in [0.1, 0.15) is 0 Å². The second-order valence-electron chi connectivity index (χ2n) is 5.53. The molecule has 0 spiro atoms. The maximum atomic E-state index is 6.13. The van der Waals surface area contributed by atoms with Crippen LogP contribution in [0.2, 0.25) is 0 Å². The molecule has 3 nitrogen and oxygen atoms in total. The average Bonchev–Trinajstić information content (AvgIpc) is 2.42. The van der Waals surface area contributed by atoms with Crippen molar-refractivity contribution in [3.8, 4) is 0 Å². The highest BCUT2D eigenvalue weighted by molar-refractivity contribution is 5.29. The summed E-state index contributed by atoms with van der Waals surface area (Å²) in [5.74, 6) is 0.440. The van der Waals surface area contributed by atoms with E-state index in [4.69, 9.17) is 5.73 Å². The van der Waals surface area contributed by atoms with Crippen LogP contribution in [0.25, 0.3) is 0 Å². The Bertz CT molecular complexity index is 363. The van der Waals surface area contributed by atoms with Crippen LogP contribution in [0.5, 0.6) is 0 Å². The van der Waals surface area contributed by atoms with Crippen LogP contribution in [0.4, 0.5) is 0 Å².